The number of carbonyl (C=O) groups is 3. The number of benzene rings is 1. The maximum atomic E-state index is 13.3. The molecule has 7 heteroatoms. The molecule has 0 spiro atoms. The zero-order valence-electron chi connectivity index (χ0n) is 17.8. The van der Waals surface area contributed by atoms with Crippen LogP contribution in [0.2, 0.25) is 0 Å². The highest BCUT2D eigenvalue weighted by atomic mass is 32.1. The standard InChI is InChI=1S/C24H28N2O4S/c1-2-30-21(27)14-19(20-12-7-13-31-20)25-23(28)18-11-6-8-16-15-26(24(29)22(16)18)17-9-4-3-5-10-17/h6-8,11-13,17,19H,2-5,9-10,14-15H2,1H3,(H,25,28). The lowest BCUT2D eigenvalue weighted by atomic mass is 9.94. The van der Waals surface area contributed by atoms with E-state index < -0.39 is 6.04 Å². The number of rotatable bonds is 7. The van der Waals surface area contributed by atoms with Gasteiger partial charge in [0.2, 0.25) is 0 Å². The summed E-state index contributed by atoms with van der Waals surface area (Å²) in [5.41, 5.74) is 1.79. The van der Waals surface area contributed by atoms with Crippen LogP contribution in [0.5, 0.6) is 0 Å². The third kappa shape index (κ3) is 4.66. The Balaban J connectivity index is 1.55. The van der Waals surface area contributed by atoms with Gasteiger partial charge in [0, 0.05) is 17.5 Å². The molecule has 1 aromatic heterocycles. The van der Waals surface area contributed by atoms with Crippen LogP contribution in [-0.2, 0) is 16.1 Å². The van der Waals surface area contributed by atoms with E-state index in [1.54, 1.807) is 13.0 Å². The monoisotopic (exact) mass is 440 g/mol. The van der Waals surface area contributed by atoms with E-state index in [-0.39, 0.29) is 30.2 Å². The summed E-state index contributed by atoms with van der Waals surface area (Å²) in [6.45, 7) is 2.62. The summed E-state index contributed by atoms with van der Waals surface area (Å²) in [6.07, 6.45) is 5.63. The van der Waals surface area contributed by atoms with Gasteiger partial charge in [0.05, 0.1) is 30.2 Å². The first-order valence-electron chi connectivity index (χ1n) is 11.0. The average molecular weight is 441 g/mol. The Kier molecular flexibility index (Phi) is 6.70. The molecule has 1 atom stereocenters. The normalized spacial score (nSPS) is 17.3. The number of ether oxygens (including phenoxy) is 1. The van der Waals surface area contributed by atoms with Crippen molar-refractivity contribution in [1.82, 2.24) is 10.2 Å². The van der Waals surface area contributed by atoms with Gasteiger partial charge in [-0.1, -0.05) is 37.5 Å². The van der Waals surface area contributed by atoms with E-state index in [0.717, 1.165) is 36.1 Å². The van der Waals surface area contributed by atoms with Crippen molar-refractivity contribution < 1.29 is 19.1 Å². The Labute approximate surface area is 186 Å². The van der Waals surface area contributed by atoms with Gasteiger partial charge in [0.1, 0.15) is 0 Å². The summed E-state index contributed by atoms with van der Waals surface area (Å²) >= 11 is 1.48. The number of nitrogens with zero attached hydrogens (tertiary/aromatic N) is 1. The predicted octanol–water partition coefficient (Wildman–Crippen LogP) is 4.46. The molecule has 2 aromatic rings. The highest BCUT2D eigenvalue weighted by molar-refractivity contribution is 7.10. The number of esters is 1. The van der Waals surface area contributed by atoms with Crippen molar-refractivity contribution in [3.63, 3.8) is 0 Å². The molecule has 0 bridgehead atoms. The van der Waals surface area contributed by atoms with Crippen molar-refractivity contribution in [1.29, 1.82) is 0 Å². The van der Waals surface area contributed by atoms with Crippen molar-refractivity contribution in [2.45, 2.75) is 64.1 Å². The van der Waals surface area contributed by atoms with Crippen LogP contribution in [0.15, 0.2) is 35.7 Å². The van der Waals surface area contributed by atoms with Crippen LogP contribution < -0.4 is 5.32 Å². The highest BCUT2D eigenvalue weighted by Gasteiger charge is 2.36. The third-order valence-corrected chi connectivity index (χ3v) is 7.08. The molecule has 2 amide bonds. The fraction of sp³-hybridized carbons (Fsp3) is 0.458. The van der Waals surface area contributed by atoms with E-state index in [0.29, 0.717) is 24.3 Å². The molecule has 1 aromatic carbocycles. The number of hydrogen-bond donors (Lipinski definition) is 1. The van der Waals surface area contributed by atoms with Gasteiger partial charge in [-0.05, 0) is 42.8 Å². The van der Waals surface area contributed by atoms with E-state index in [1.165, 1.54) is 17.8 Å². The number of thiophene rings is 1. The highest BCUT2D eigenvalue weighted by Crippen LogP contribution is 2.33. The number of nitrogens with one attached hydrogen (secondary N) is 1. The molecule has 1 fully saturated rings. The van der Waals surface area contributed by atoms with Crippen LogP contribution in [0.3, 0.4) is 0 Å². The second-order valence-electron chi connectivity index (χ2n) is 8.12. The summed E-state index contributed by atoms with van der Waals surface area (Å²) < 4.78 is 5.08. The van der Waals surface area contributed by atoms with E-state index in [9.17, 15) is 14.4 Å². The summed E-state index contributed by atoms with van der Waals surface area (Å²) in [5.74, 6) is -0.747. The van der Waals surface area contributed by atoms with Crippen LogP contribution in [-0.4, -0.2) is 35.3 Å². The van der Waals surface area contributed by atoms with Gasteiger partial charge in [0.15, 0.2) is 0 Å². The van der Waals surface area contributed by atoms with Gasteiger partial charge in [-0.15, -0.1) is 11.3 Å². The quantitative estimate of drug-likeness (QED) is 0.645. The fourth-order valence-corrected chi connectivity index (χ4v) is 5.37. The van der Waals surface area contributed by atoms with Crippen LogP contribution in [0.4, 0.5) is 0 Å². The SMILES string of the molecule is CCOC(=O)CC(NC(=O)c1cccc2c1C(=O)N(C1CCCCC1)C2)c1cccs1. The minimum Gasteiger partial charge on any atom is -0.466 e. The maximum Gasteiger partial charge on any atom is 0.308 e. The lowest BCUT2D eigenvalue weighted by Gasteiger charge is -2.31. The van der Waals surface area contributed by atoms with Gasteiger partial charge in [-0.3, -0.25) is 14.4 Å². The first-order valence-corrected chi connectivity index (χ1v) is 11.9. The van der Waals surface area contributed by atoms with E-state index in [4.69, 9.17) is 4.74 Å². The second kappa shape index (κ2) is 9.64. The van der Waals surface area contributed by atoms with Crippen molar-refractivity contribution in [3.8, 4) is 0 Å². The van der Waals surface area contributed by atoms with Crippen molar-refractivity contribution >= 4 is 29.1 Å². The topological polar surface area (TPSA) is 75.7 Å². The Hall–Kier alpha value is -2.67. The largest absolute Gasteiger partial charge is 0.466 e. The summed E-state index contributed by atoms with van der Waals surface area (Å²) in [7, 11) is 0. The third-order valence-electron chi connectivity index (χ3n) is 6.09. The Morgan fingerprint density at radius 1 is 1.19 bits per heavy atom. The zero-order valence-corrected chi connectivity index (χ0v) is 18.6. The number of fused-ring (bicyclic) bond motifs is 1. The summed E-state index contributed by atoms with van der Waals surface area (Å²) in [6, 6.07) is 9.00. The van der Waals surface area contributed by atoms with E-state index in [1.807, 2.05) is 34.5 Å². The zero-order chi connectivity index (χ0) is 21.8. The van der Waals surface area contributed by atoms with Gasteiger partial charge >= 0.3 is 5.97 Å². The van der Waals surface area contributed by atoms with Crippen LogP contribution in [0.1, 0.15) is 82.6 Å². The summed E-state index contributed by atoms with van der Waals surface area (Å²) in [4.78, 5) is 41.4. The number of hydrogen-bond acceptors (Lipinski definition) is 5. The molecule has 0 radical (unpaired) electrons. The van der Waals surface area contributed by atoms with Gasteiger partial charge in [-0.2, -0.15) is 0 Å². The first kappa shape index (κ1) is 21.6. The van der Waals surface area contributed by atoms with Crippen LogP contribution in [0, 0.1) is 0 Å². The van der Waals surface area contributed by atoms with Crippen molar-refractivity contribution in [2.24, 2.45) is 0 Å². The molecule has 31 heavy (non-hydrogen) atoms. The molecular weight excluding hydrogens is 412 g/mol. The number of carbonyl (C=O) groups excluding carboxylic acids is 3. The predicted molar refractivity (Wildman–Crippen MR) is 119 cm³/mol. The molecule has 0 saturated heterocycles. The Morgan fingerprint density at radius 2 is 2.00 bits per heavy atom. The molecule has 1 saturated carbocycles. The van der Waals surface area contributed by atoms with Gasteiger partial charge in [0.25, 0.3) is 11.8 Å². The minimum atomic E-state index is -0.492. The molecule has 164 valence electrons. The average Bonchev–Trinajstić information content (AvgIpc) is 3.42. The van der Waals surface area contributed by atoms with Crippen LogP contribution in [0.25, 0.3) is 0 Å². The van der Waals surface area contributed by atoms with Gasteiger partial charge in [-0.25, -0.2) is 0 Å². The van der Waals surface area contributed by atoms with Crippen molar-refractivity contribution in [3.05, 3.63) is 57.3 Å². The lowest BCUT2D eigenvalue weighted by molar-refractivity contribution is -0.143. The molecule has 4 rings (SSSR count). The molecule has 1 aliphatic heterocycles. The van der Waals surface area contributed by atoms with E-state index in [2.05, 4.69) is 5.32 Å². The fourth-order valence-electron chi connectivity index (χ4n) is 4.60. The van der Waals surface area contributed by atoms with Crippen molar-refractivity contribution in [2.75, 3.05) is 6.61 Å². The van der Waals surface area contributed by atoms with Gasteiger partial charge < -0.3 is 15.0 Å². The lowest BCUT2D eigenvalue weighted by Crippen LogP contribution is -2.37. The summed E-state index contributed by atoms with van der Waals surface area (Å²) in [5, 5.41) is 4.88. The molecule has 2 aliphatic rings. The van der Waals surface area contributed by atoms with Crippen LogP contribution >= 0.6 is 11.3 Å². The molecule has 1 unspecified atom stereocenters. The first-order chi connectivity index (χ1) is 15.1. The maximum absolute atomic E-state index is 13.3. The molecule has 1 N–H and O–H groups in total. The molecule has 2 heterocycles. The number of amides is 2. The Bertz CT molecular complexity index is 950. The molecule has 6 nitrogen and oxygen atoms in total. The Morgan fingerprint density at radius 3 is 2.71 bits per heavy atom. The van der Waals surface area contributed by atoms with E-state index >= 15 is 0 Å². The smallest absolute Gasteiger partial charge is 0.308 e. The molecular formula is C24H28N2O4S. The minimum absolute atomic E-state index is 0.0503. The molecule has 1 aliphatic carbocycles. The second-order valence-corrected chi connectivity index (χ2v) is 9.09.